The molecule has 1 aliphatic carbocycles. The first kappa shape index (κ1) is 18.2. The maximum Gasteiger partial charge on any atom is 0.191 e. The molecule has 2 aliphatic rings. The first-order valence-corrected chi connectivity index (χ1v) is 9.98. The number of piperidine rings is 1. The second kappa shape index (κ2) is 9.23. The molecule has 1 saturated carbocycles. The van der Waals surface area contributed by atoms with Crippen molar-refractivity contribution in [3.63, 3.8) is 0 Å². The number of aliphatic imine (C=N–C) groups is 1. The summed E-state index contributed by atoms with van der Waals surface area (Å²) in [4.78, 5) is 6.97. The largest absolute Gasteiger partial charge is 0.356 e. The van der Waals surface area contributed by atoms with Gasteiger partial charge in [-0.3, -0.25) is 9.89 Å². The van der Waals surface area contributed by atoms with E-state index in [4.69, 9.17) is 0 Å². The Labute approximate surface area is 153 Å². The Morgan fingerprint density at radius 2 is 1.92 bits per heavy atom. The predicted molar refractivity (Wildman–Crippen MR) is 106 cm³/mol. The van der Waals surface area contributed by atoms with Gasteiger partial charge in [0, 0.05) is 39.3 Å². The molecule has 1 saturated heterocycles. The maximum absolute atomic E-state index is 4.39. The van der Waals surface area contributed by atoms with Crippen molar-refractivity contribution in [1.29, 1.82) is 0 Å². The molecule has 0 aromatic heterocycles. The van der Waals surface area contributed by atoms with Gasteiger partial charge in [-0.15, -0.1) is 0 Å². The summed E-state index contributed by atoms with van der Waals surface area (Å²) < 4.78 is 0. The summed E-state index contributed by atoms with van der Waals surface area (Å²) in [5.74, 6) is 2.00. The number of benzene rings is 1. The van der Waals surface area contributed by atoms with Gasteiger partial charge < -0.3 is 10.6 Å². The smallest absolute Gasteiger partial charge is 0.191 e. The summed E-state index contributed by atoms with van der Waals surface area (Å²) in [5, 5.41) is 7.10. The van der Waals surface area contributed by atoms with E-state index in [1.807, 2.05) is 7.05 Å². The van der Waals surface area contributed by atoms with Gasteiger partial charge in [0.2, 0.25) is 0 Å². The zero-order chi connectivity index (χ0) is 17.5. The molecule has 2 N–H and O–H groups in total. The number of rotatable bonds is 7. The molecule has 0 spiro atoms. The van der Waals surface area contributed by atoms with Crippen molar-refractivity contribution in [3.8, 4) is 0 Å². The molecule has 138 valence electrons. The summed E-state index contributed by atoms with van der Waals surface area (Å²) >= 11 is 0. The van der Waals surface area contributed by atoms with Gasteiger partial charge in [-0.1, -0.05) is 37.1 Å². The molecule has 25 heavy (non-hydrogen) atoms. The molecule has 1 aromatic rings. The number of hydrogen-bond donors (Lipinski definition) is 2. The quantitative estimate of drug-likeness (QED) is 0.454. The molecule has 2 fully saturated rings. The normalized spacial score (nSPS) is 19.8. The van der Waals surface area contributed by atoms with Crippen LogP contribution in [0.4, 0.5) is 0 Å². The van der Waals surface area contributed by atoms with Crippen LogP contribution in [-0.4, -0.2) is 43.6 Å². The highest BCUT2D eigenvalue weighted by Crippen LogP contribution is 2.33. The van der Waals surface area contributed by atoms with E-state index in [1.54, 1.807) is 0 Å². The third-order valence-electron chi connectivity index (χ3n) is 5.59. The minimum absolute atomic E-state index is 0.544. The van der Waals surface area contributed by atoms with Crippen LogP contribution in [0.2, 0.25) is 0 Å². The van der Waals surface area contributed by atoms with Crippen molar-refractivity contribution in [3.05, 3.63) is 35.4 Å². The lowest BCUT2D eigenvalue weighted by atomic mass is 10.0. The van der Waals surface area contributed by atoms with E-state index in [9.17, 15) is 0 Å². The number of guanidine groups is 1. The van der Waals surface area contributed by atoms with Gasteiger partial charge in [0.05, 0.1) is 0 Å². The average molecular weight is 343 g/mol. The van der Waals surface area contributed by atoms with Crippen LogP contribution < -0.4 is 10.6 Å². The van der Waals surface area contributed by atoms with Crippen LogP contribution in [0.3, 0.4) is 0 Å². The maximum atomic E-state index is 4.39. The molecule has 1 aliphatic heterocycles. The van der Waals surface area contributed by atoms with Crippen LogP contribution in [-0.2, 0) is 6.54 Å². The summed E-state index contributed by atoms with van der Waals surface area (Å²) in [5.41, 5.74) is 2.86. The van der Waals surface area contributed by atoms with Crippen LogP contribution in [0, 0.1) is 12.8 Å². The molecule has 0 bridgehead atoms. The Hall–Kier alpha value is -1.55. The Morgan fingerprint density at radius 1 is 1.16 bits per heavy atom. The Balaban J connectivity index is 1.35. The molecule has 0 amide bonds. The first-order valence-electron chi connectivity index (χ1n) is 9.98. The third-order valence-corrected chi connectivity index (χ3v) is 5.59. The molecule has 0 radical (unpaired) electrons. The standard InChI is InChI=1S/C21H34N4/c1-17-6-3-4-8-19(17)16-25-14-11-20(12-15-25)24-21(22-2)23-13-5-7-18-9-10-18/h3-4,6,8,18,20H,5,7,9-16H2,1-2H3,(H2,22,23,24). The van der Waals surface area contributed by atoms with Gasteiger partial charge >= 0.3 is 0 Å². The van der Waals surface area contributed by atoms with Crippen molar-refractivity contribution < 1.29 is 0 Å². The van der Waals surface area contributed by atoms with Gasteiger partial charge in [-0.2, -0.15) is 0 Å². The van der Waals surface area contributed by atoms with Gasteiger partial charge in [-0.05, 0) is 49.7 Å². The fraction of sp³-hybridized carbons (Fsp3) is 0.667. The first-order chi connectivity index (χ1) is 12.2. The van der Waals surface area contributed by atoms with E-state index < -0.39 is 0 Å². The Morgan fingerprint density at radius 3 is 2.60 bits per heavy atom. The number of aryl methyl sites for hydroxylation is 1. The van der Waals surface area contributed by atoms with E-state index in [0.29, 0.717) is 6.04 Å². The second-order valence-corrected chi connectivity index (χ2v) is 7.71. The zero-order valence-electron chi connectivity index (χ0n) is 15.9. The minimum atomic E-state index is 0.544. The fourth-order valence-electron chi connectivity index (χ4n) is 3.66. The van der Waals surface area contributed by atoms with Crippen LogP contribution >= 0.6 is 0 Å². The Bertz CT molecular complexity index is 557. The lowest BCUT2D eigenvalue weighted by molar-refractivity contribution is 0.198. The summed E-state index contributed by atoms with van der Waals surface area (Å²) in [7, 11) is 1.88. The van der Waals surface area contributed by atoms with E-state index in [1.165, 1.54) is 49.7 Å². The molecule has 1 heterocycles. The molecular weight excluding hydrogens is 308 g/mol. The van der Waals surface area contributed by atoms with E-state index in [-0.39, 0.29) is 0 Å². The van der Waals surface area contributed by atoms with Crippen LogP contribution in [0.15, 0.2) is 29.3 Å². The molecule has 3 rings (SSSR count). The van der Waals surface area contributed by atoms with Crippen LogP contribution in [0.25, 0.3) is 0 Å². The number of hydrogen-bond acceptors (Lipinski definition) is 2. The number of likely N-dealkylation sites (tertiary alicyclic amines) is 1. The van der Waals surface area contributed by atoms with E-state index in [0.717, 1.165) is 38.1 Å². The lowest BCUT2D eigenvalue weighted by Crippen LogP contribution is -2.48. The van der Waals surface area contributed by atoms with Crippen molar-refractivity contribution in [1.82, 2.24) is 15.5 Å². The highest BCUT2D eigenvalue weighted by molar-refractivity contribution is 5.79. The summed E-state index contributed by atoms with van der Waals surface area (Å²) in [6.45, 7) is 6.65. The molecule has 0 atom stereocenters. The highest BCUT2D eigenvalue weighted by Gasteiger charge is 2.21. The SMILES string of the molecule is CN=C(NCCCC1CC1)NC1CCN(Cc2ccccc2C)CC1. The van der Waals surface area contributed by atoms with Gasteiger partial charge in [-0.25, -0.2) is 0 Å². The monoisotopic (exact) mass is 342 g/mol. The number of nitrogens with one attached hydrogen (secondary N) is 2. The topological polar surface area (TPSA) is 39.7 Å². The van der Waals surface area contributed by atoms with Crippen molar-refractivity contribution in [2.45, 2.75) is 58.0 Å². The summed E-state index contributed by atoms with van der Waals surface area (Å²) in [6.07, 6.45) is 7.92. The minimum Gasteiger partial charge on any atom is -0.356 e. The van der Waals surface area contributed by atoms with Gasteiger partial charge in [0.25, 0.3) is 0 Å². The van der Waals surface area contributed by atoms with Crippen LogP contribution in [0.5, 0.6) is 0 Å². The molecule has 1 aromatic carbocycles. The predicted octanol–water partition coefficient (Wildman–Crippen LogP) is 3.31. The third kappa shape index (κ3) is 6.03. The molecule has 4 heteroatoms. The molecular formula is C21H34N4. The summed E-state index contributed by atoms with van der Waals surface area (Å²) in [6, 6.07) is 9.28. The van der Waals surface area contributed by atoms with Crippen LogP contribution in [0.1, 0.15) is 49.7 Å². The number of nitrogens with zero attached hydrogens (tertiary/aromatic N) is 2. The second-order valence-electron chi connectivity index (χ2n) is 7.71. The highest BCUT2D eigenvalue weighted by atomic mass is 15.2. The van der Waals surface area contributed by atoms with Crippen molar-refractivity contribution >= 4 is 5.96 Å². The molecule has 0 unspecified atom stereocenters. The van der Waals surface area contributed by atoms with Crippen molar-refractivity contribution in [2.75, 3.05) is 26.7 Å². The zero-order valence-corrected chi connectivity index (χ0v) is 15.9. The van der Waals surface area contributed by atoms with Gasteiger partial charge in [0.1, 0.15) is 0 Å². The van der Waals surface area contributed by atoms with Gasteiger partial charge in [0.15, 0.2) is 5.96 Å². The van der Waals surface area contributed by atoms with E-state index in [2.05, 4.69) is 51.7 Å². The van der Waals surface area contributed by atoms with Crippen molar-refractivity contribution in [2.24, 2.45) is 10.9 Å². The molecule has 4 nitrogen and oxygen atoms in total. The Kier molecular flexibility index (Phi) is 6.74. The lowest BCUT2D eigenvalue weighted by Gasteiger charge is -2.33. The average Bonchev–Trinajstić information content (AvgIpc) is 3.45. The van der Waals surface area contributed by atoms with E-state index >= 15 is 0 Å². The fourth-order valence-corrected chi connectivity index (χ4v) is 3.66.